The Morgan fingerprint density at radius 2 is 2.11 bits per heavy atom. The van der Waals surface area contributed by atoms with Gasteiger partial charge in [-0.1, -0.05) is 13.8 Å². The number of ether oxygens (including phenoxy) is 1. The lowest BCUT2D eigenvalue weighted by molar-refractivity contribution is 0.0872. The minimum absolute atomic E-state index is 0.753. The molecule has 0 aromatic rings. The number of nitrogens with zero attached hydrogens (tertiary/aromatic N) is 1. The Balaban J connectivity index is 1.62. The summed E-state index contributed by atoms with van der Waals surface area (Å²) >= 11 is 0. The van der Waals surface area contributed by atoms with Gasteiger partial charge in [0, 0.05) is 25.2 Å². The zero-order chi connectivity index (χ0) is 12.8. The van der Waals surface area contributed by atoms with Crippen molar-refractivity contribution in [3.05, 3.63) is 0 Å². The first kappa shape index (κ1) is 14.3. The largest absolute Gasteiger partial charge is 0.380 e. The Hall–Kier alpha value is -0.120. The van der Waals surface area contributed by atoms with Crippen molar-refractivity contribution in [2.45, 2.75) is 58.0 Å². The molecule has 2 aliphatic heterocycles. The fourth-order valence-corrected chi connectivity index (χ4v) is 3.23. The van der Waals surface area contributed by atoms with Crippen molar-refractivity contribution < 1.29 is 4.74 Å². The van der Waals surface area contributed by atoms with Crippen molar-refractivity contribution in [3.8, 4) is 0 Å². The highest BCUT2D eigenvalue weighted by Gasteiger charge is 2.32. The van der Waals surface area contributed by atoms with E-state index >= 15 is 0 Å². The standard InChI is InChI=1S/C15H30N2O/c1-13(2)7-11-18-12-10-17-9-4-6-15(17)14-5-3-8-16-14/h13-16H,3-12H2,1-2H3. The molecule has 3 heteroatoms. The average Bonchev–Trinajstić information content (AvgIpc) is 2.97. The zero-order valence-corrected chi connectivity index (χ0v) is 12.2. The monoisotopic (exact) mass is 254 g/mol. The van der Waals surface area contributed by atoms with E-state index in [1.54, 1.807) is 0 Å². The summed E-state index contributed by atoms with van der Waals surface area (Å²) in [7, 11) is 0. The maximum Gasteiger partial charge on any atom is 0.0593 e. The summed E-state index contributed by atoms with van der Waals surface area (Å²) < 4.78 is 5.76. The van der Waals surface area contributed by atoms with E-state index in [0.717, 1.165) is 37.8 Å². The molecule has 2 fully saturated rings. The van der Waals surface area contributed by atoms with Gasteiger partial charge >= 0.3 is 0 Å². The van der Waals surface area contributed by atoms with E-state index in [1.807, 2.05) is 0 Å². The zero-order valence-electron chi connectivity index (χ0n) is 12.2. The Morgan fingerprint density at radius 3 is 2.83 bits per heavy atom. The van der Waals surface area contributed by atoms with Crippen LogP contribution in [0, 0.1) is 5.92 Å². The normalized spacial score (nSPS) is 29.5. The van der Waals surface area contributed by atoms with Crippen LogP contribution in [0.25, 0.3) is 0 Å². The van der Waals surface area contributed by atoms with Crippen LogP contribution in [-0.4, -0.2) is 49.8 Å². The van der Waals surface area contributed by atoms with Gasteiger partial charge in [0.1, 0.15) is 0 Å². The van der Waals surface area contributed by atoms with Crippen LogP contribution in [0.3, 0.4) is 0 Å². The Morgan fingerprint density at radius 1 is 1.22 bits per heavy atom. The Kier molecular flexibility index (Phi) is 5.93. The first-order valence-corrected chi connectivity index (χ1v) is 7.82. The summed E-state index contributed by atoms with van der Waals surface area (Å²) in [6, 6.07) is 1.53. The third kappa shape index (κ3) is 4.22. The summed E-state index contributed by atoms with van der Waals surface area (Å²) in [6.45, 7) is 9.97. The van der Waals surface area contributed by atoms with E-state index in [2.05, 4.69) is 24.1 Å². The number of hydrogen-bond acceptors (Lipinski definition) is 3. The van der Waals surface area contributed by atoms with E-state index in [4.69, 9.17) is 4.74 Å². The van der Waals surface area contributed by atoms with Gasteiger partial charge < -0.3 is 10.1 Å². The molecule has 106 valence electrons. The Bertz CT molecular complexity index is 227. The highest BCUT2D eigenvalue weighted by atomic mass is 16.5. The minimum Gasteiger partial charge on any atom is -0.380 e. The summed E-state index contributed by atoms with van der Waals surface area (Å²) in [6.07, 6.45) is 6.67. The maximum atomic E-state index is 5.76. The molecule has 1 N–H and O–H groups in total. The summed E-state index contributed by atoms with van der Waals surface area (Å²) in [4.78, 5) is 2.65. The molecule has 2 saturated heterocycles. The van der Waals surface area contributed by atoms with Crippen LogP contribution in [0.5, 0.6) is 0 Å². The van der Waals surface area contributed by atoms with Crippen molar-refractivity contribution >= 4 is 0 Å². The van der Waals surface area contributed by atoms with E-state index in [1.165, 1.54) is 45.2 Å². The molecule has 2 aliphatic rings. The molecule has 0 aliphatic carbocycles. The van der Waals surface area contributed by atoms with Crippen LogP contribution in [-0.2, 0) is 4.74 Å². The molecule has 3 nitrogen and oxygen atoms in total. The summed E-state index contributed by atoms with van der Waals surface area (Å²) in [5.41, 5.74) is 0. The highest BCUT2D eigenvalue weighted by molar-refractivity contribution is 4.91. The van der Waals surface area contributed by atoms with Crippen molar-refractivity contribution in [1.82, 2.24) is 10.2 Å². The lowest BCUT2D eigenvalue weighted by Crippen LogP contribution is -2.45. The van der Waals surface area contributed by atoms with Gasteiger partial charge in [0.15, 0.2) is 0 Å². The van der Waals surface area contributed by atoms with E-state index < -0.39 is 0 Å². The molecule has 0 amide bonds. The number of rotatable bonds is 7. The molecule has 0 aromatic heterocycles. The number of nitrogens with one attached hydrogen (secondary N) is 1. The average molecular weight is 254 g/mol. The topological polar surface area (TPSA) is 24.5 Å². The number of hydrogen-bond donors (Lipinski definition) is 1. The predicted molar refractivity (Wildman–Crippen MR) is 75.9 cm³/mol. The molecule has 0 aromatic carbocycles. The van der Waals surface area contributed by atoms with Gasteiger partial charge in [0.25, 0.3) is 0 Å². The van der Waals surface area contributed by atoms with Crippen molar-refractivity contribution in [3.63, 3.8) is 0 Å². The van der Waals surface area contributed by atoms with Gasteiger partial charge in [-0.05, 0) is 51.1 Å². The van der Waals surface area contributed by atoms with Gasteiger partial charge in [0.2, 0.25) is 0 Å². The van der Waals surface area contributed by atoms with E-state index in [-0.39, 0.29) is 0 Å². The molecule has 2 atom stereocenters. The lowest BCUT2D eigenvalue weighted by Gasteiger charge is -2.29. The molecule has 2 heterocycles. The lowest BCUT2D eigenvalue weighted by atomic mass is 10.0. The van der Waals surface area contributed by atoms with Gasteiger partial charge in [0.05, 0.1) is 6.61 Å². The molecule has 2 unspecified atom stereocenters. The molecule has 0 spiro atoms. The van der Waals surface area contributed by atoms with Crippen molar-refractivity contribution in [2.75, 3.05) is 32.8 Å². The van der Waals surface area contributed by atoms with Crippen LogP contribution < -0.4 is 5.32 Å². The molecule has 18 heavy (non-hydrogen) atoms. The second-order valence-corrected chi connectivity index (χ2v) is 6.24. The first-order chi connectivity index (χ1) is 8.77. The predicted octanol–water partition coefficient (Wildman–Crippen LogP) is 2.27. The highest BCUT2D eigenvalue weighted by Crippen LogP contribution is 2.24. The van der Waals surface area contributed by atoms with Gasteiger partial charge in [-0.3, -0.25) is 4.90 Å². The van der Waals surface area contributed by atoms with Crippen LogP contribution in [0.2, 0.25) is 0 Å². The second-order valence-electron chi connectivity index (χ2n) is 6.24. The first-order valence-electron chi connectivity index (χ1n) is 7.82. The van der Waals surface area contributed by atoms with Crippen molar-refractivity contribution in [1.29, 1.82) is 0 Å². The molecular weight excluding hydrogens is 224 g/mol. The second kappa shape index (κ2) is 7.46. The molecular formula is C15H30N2O. The summed E-state index contributed by atoms with van der Waals surface area (Å²) in [5, 5.41) is 3.66. The van der Waals surface area contributed by atoms with Crippen LogP contribution in [0.4, 0.5) is 0 Å². The van der Waals surface area contributed by atoms with Crippen LogP contribution in [0.1, 0.15) is 46.0 Å². The van der Waals surface area contributed by atoms with Gasteiger partial charge in [-0.15, -0.1) is 0 Å². The third-order valence-electron chi connectivity index (χ3n) is 4.34. The van der Waals surface area contributed by atoms with Crippen molar-refractivity contribution in [2.24, 2.45) is 5.92 Å². The van der Waals surface area contributed by atoms with Crippen LogP contribution in [0.15, 0.2) is 0 Å². The fourth-order valence-electron chi connectivity index (χ4n) is 3.23. The van der Waals surface area contributed by atoms with E-state index in [0.29, 0.717) is 0 Å². The smallest absolute Gasteiger partial charge is 0.0593 e. The molecule has 2 rings (SSSR count). The molecule has 0 radical (unpaired) electrons. The van der Waals surface area contributed by atoms with Gasteiger partial charge in [-0.25, -0.2) is 0 Å². The quantitative estimate of drug-likeness (QED) is 0.705. The summed E-state index contributed by atoms with van der Waals surface area (Å²) in [5.74, 6) is 0.757. The Labute approximate surface area is 112 Å². The minimum atomic E-state index is 0.753. The van der Waals surface area contributed by atoms with Gasteiger partial charge in [-0.2, -0.15) is 0 Å². The van der Waals surface area contributed by atoms with Crippen LogP contribution >= 0.6 is 0 Å². The SMILES string of the molecule is CC(C)CCOCCN1CCCC1C1CCCN1. The molecule has 0 bridgehead atoms. The third-order valence-corrected chi connectivity index (χ3v) is 4.34. The van der Waals surface area contributed by atoms with E-state index in [9.17, 15) is 0 Å². The molecule has 0 saturated carbocycles. The fraction of sp³-hybridized carbons (Fsp3) is 1.00. The number of likely N-dealkylation sites (tertiary alicyclic amines) is 1. The maximum absolute atomic E-state index is 5.76.